The molecule has 20 heavy (non-hydrogen) atoms. The predicted octanol–water partition coefficient (Wildman–Crippen LogP) is 3.79. The van der Waals surface area contributed by atoms with Crippen molar-refractivity contribution in [3.05, 3.63) is 14.9 Å². The molecule has 0 amide bonds. The Morgan fingerprint density at radius 1 is 1.40 bits per heavy atom. The van der Waals surface area contributed by atoms with E-state index < -0.39 is 10.0 Å². The lowest BCUT2D eigenvalue weighted by atomic mass is 9.98. The standard InChI is InChI=1S/C12H17BrClNO3S2/c13-12-10(14)8-11(19-12)20(16,17)15-6-7-18-9-4-2-1-3-5-9/h8-9,15H,1-7H2. The van der Waals surface area contributed by atoms with E-state index in [2.05, 4.69) is 20.7 Å². The minimum atomic E-state index is -3.49. The third kappa shape index (κ3) is 4.68. The van der Waals surface area contributed by atoms with Gasteiger partial charge in [-0.1, -0.05) is 30.9 Å². The Bertz CT molecular complexity index is 521. The fraction of sp³-hybridized carbons (Fsp3) is 0.667. The zero-order chi connectivity index (χ0) is 14.6. The third-order valence-corrected chi connectivity index (χ3v) is 7.60. The van der Waals surface area contributed by atoms with E-state index in [1.807, 2.05) is 0 Å². The van der Waals surface area contributed by atoms with Crippen LogP contribution in [0, 0.1) is 0 Å². The van der Waals surface area contributed by atoms with Gasteiger partial charge < -0.3 is 4.74 Å². The van der Waals surface area contributed by atoms with E-state index in [1.165, 1.54) is 25.3 Å². The summed E-state index contributed by atoms with van der Waals surface area (Å²) in [5.74, 6) is 0. The number of rotatable bonds is 6. The van der Waals surface area contributed by atoms with Gasteiger partial charge in [0.25, 0.3) is 0 Å². The van der Waals surface area contributed by atoms with Crippen LogP contribution in [0.25, 0.3) is 0 Å². The lowest BCUT2D eigenvalue weighted by Crippen LogP contribution is -2.29. The first-order valence-corrected chi connectivity index (χ1v) is 10.0. The largest absolute Gasteiger partial charge is 0.377 e. The topological polar surface area (TPSA) is 55.4 Å². The molecular formula is C12H17BrClNO3S2. The van der Waals surface area contributed by atoms with Crippen LogP contribution in [0.4, 0.5) is 0 Å². The fourth-order valence-corrected chi connectivity index (χ4v) is 5.62. The summed E-state index contributed by atoms with van der Waals surface area (Å²) in [6.07, 6.45) is 6.15. The first-order valence-electron chi connectivity index (χ1n) is 6.55. The second-order valence-electron chi connectivity index (χ2n) is 4.72. The molecule has 2 rings (SSSR count). The van der Waals surface area contributed by atoms with Crippen molar-refractivity contribution < 1.29 is 13.2 Å². The summed E-state index contributed by atoms with van der Waals surface area (Å²) in [5, 5.41) is 0.411. The molecule has 0 spiro atoms. The average molecular weight is 403 g/mol. The van der Waals surface area contributed by atoms with E-state index >= 15 is 0 Å². The highest BCUT2D eigenvalue weighted by atomic mass is 79.9. The first kappa shape index (κ1) is 16.7. The molecule has 1 aliphatic carbocycles. The molecule has 0 aliphatic heterocycles. The summed E-state index contributed by atoms with van der Waals surface area (Å²) in [7, 11) is -3.49. The van der Waals surface area contributed by atoms with Crippen LogP contribution in [-0.2, 0) is 14.8 Å². The van der Waals surface area contributed by atoms with Gasteiger partial charge in [0.15, 0.2) is 0 Å². The van der Waals surface area contributed by atoms with E-state index in [9.17, 15) is 8.42 Å². The second-order valence-corrected chi connectivity index (χ2v) is 9.49. The number of hydrogen-bond acceptors (Lipinski definition) is 4. The lowest BCUT2D eigenvalue weighted by Gasteiger charge is -2.21. The van der Waals surface area contributed by atoms with Crippen molar-refractivity contribution in [2.45, 2.75) is 42.4 Å². The van der Waals surface area contributed by atoms with Crippen LogP contribution in [0.1, 0.15) is 32.1 Å². The van der Waals surface area contributed by atoms with Crippen LogP contribution < -0.4 is 4.72 Å². The van der Waals surface area contributed by atoms with Crippen LogP contribution in [0.5, 0.6) is 0 Å². The SMILES string of the molecule is O=S(=O)(NCCOC1CCCCC1)c1cc(Cl)c(Br)s1. The number of nitrogens with one attached hydrogen (secondary N) is 1. The highest BCUT2D eigenvalue weighted by molar-refractivity contribution is 9.11. The number of ether oxygens (including phenoxy) is 1. The van der Waals surface area contributed by atoms with Gasteiger partial charge in [-0.25, -0.2) is 13.1 Å². The summed E-state index contributed by atoms with van der Waals surface area (Å²) in [6.45, 7) is 0.691. The molecule has 0 unspecified atom stereocenters. The highest BCUT2D eigenvalue weighted by Crippen LogP contribution is 2.34. The maximum atomic E-state index is 12.0. The van der Waals surface area contributed by atoms with Gasteiger partial charge in [-0.05, 0) is 34.8 Å². The maximum Gasteiger partial charge on any atom is 0.250 e. The van der Waals surface area contributed by atoms with Gasteiger partial charge in [0, 0.05) is 6.54 Å². The number of sulfonamides is 1. The quantitative estimate of drug-likeness (QED) is 0.736. The van der Waals surface area contributed by atoms with Crippen LogP contribution in [0.15, 0.2) is 14.1 Å². The zero-order valence-electron chi connectivity index (χ0n) is 10.9. The van der Waals surface area contributed by atoms with Crippen molar-refractivity contribution in [1.82, 2.24) is 4.72 Å². The van der Waals surface area contributed by atoms with Gasteiger partial charge in [-0.2, -0.15) is 0 Å². The summed E-state index contributed by atoms with van der Waals surface area (Å²) < 4.78 is 33.1. The summed E-state index contributed by atoms with van der Waals surface area (Å²) >= 11 is 10.2. The van der Waals surface area contributed by atoms with Crippen molar-refractivity contribution in [3.63, 3.8) is 0 Å². The summed E-state index contributed by atoms with van der Waals surface area (Å²) in [5.41, 5.74) is 0. The molecule has 1 aromatic heterocycles. The van der Waals surface area contributed by atoms with Crippen LogP contribution in [-0.4, -0.2) is 27.7 Å². The van der Waals surface area contributed by atoms with Gasteiger partial charge in [-0.15, -0.1) is 11.3 Å². The molecule has 8 heteroatoms. The van der Waals surface area contributed by atoms with Gasteiger partial charge in [0.05, 0.1) is 21.5 Å². The number of halogens is 2. The van der Waals surface area contributed by atoms with Crippen molar-refractivity contribution in [3.8, 4) is 0 Å². The molecule has 0 aromatic carbocycles. The Balaban J connectivity index is 1.77. The van der Waals surface area contributed by atoms with Gasteiger partial charge in [-0.3, -0.25) is 0 Å². The Morgan fingerprint density at radius 3 is 2.70 bits per heavy atom. The Labute approximate surface area is 137 Å². The maximum absolute atomic E-state index is 12.0. The molecule has 114 valence electrons. The molecule has 1 fully saturated rings. The first-order chi connectivity index (χ1) is 9.49. The van der Waals surface area contributed by atoms with Crippen LogP contribution in [0.2, 0.25) is 5.02 Å². The minimum Gasteiger partial charge on any atom is -0.377 e. The van der Waals surface area contributed by atoms with E-state index in [1.54, 1.807) is 0 Å². The van der Waals surface area contributed by atoms with Crippen molar-refractivity contribution in [2.24, 2.45) is 0 Å². The van der Waals surface area contributed by atoms with E-state index in [0.717, 1.165) is 24.2 Å². The number of thiophene rings is 1. The Hall–Kier alpha value is 0.340. The summed E-state index contributed by atoms with van der Waals surface area (Å²) in [4.78, 5) is 0. The Kier molecular flexibility index (Phi) is 6.31. The number of hydrogen-bond donors (Lipinski definition) is 1. The molecule has 0 atom stereocenters. The smallest absolute Gasteiger partial charge is 0.250 e. The molecule has 0 saturated heterocycles. The van der Waals surface area contributed by atoms with E-state index in [4.69, 9.17) is 16.3 Å². The zero-order valence-corrected chi connectivity index (χ0v) is 14.9. The van der Waals surface area contributed by atoms with E-state index in [-0.39, 0.29) is 10.8 Å². The molecule has 1 aromatic rings. The van der Waals surface area contributed by atoms with Gasteiger partial charge >= 0.3 is 0 Å². The van der Waals surface area contributed by atoms with Gasteiger partial charge in [0.2, 0.25) is 10.0 Å². The molecule has 1 saturated carbocycles. The van der Waals surface area contributed by atoms with Crippen LogP contribution in [0.3, 0.4) is 0 Å². The monoisotopic (exact) mass is 401 g/mol. The fourth-order valence-electron chi connectivity index (χ4n) is 2.16. The lowest BCUT2D eigenvalue weighted by molar-refractivity contribution is 0.0321. The molecular weight excluding hydrogens is 386 g/mol. The predicted molar refractivity (Wildman–Crippen MR) is 85.0 cm³/mol. The molecule has 1 heterocycles. The molecule has 0 radical (unpaired) electrons. The van der Waals surface area contributed by atoms with Gasteiger partial charge in [0.1, 0.15) is 4.21 Å². The Morgan fingerprint density at radius 2 is 2.10 bits per heavy atom. The average Bonchev–Trinajstić information content (AvgIpc) is 2.77. The minimum absolute atomic E-state index is 0.215. The van der Waals surface area contributed by atoms with Crippen LogP contribution >= 0.6 is 38.9 Å². The van der Waals surface area contributed by atoms with Crippen molar-refractivity contribution >= 4 is 48.9 Å². The second kappa shape index (κ2) is 7.56. The normalized spacial score (nSPS) is 17.5. The third-order valence-electron chi connectivity index (χ3n) is 3.19. The molecule has 0 bridgehead atoms. The molecule has 1 N–H and O–H groups in total. The highest BCUT2D eigenvalue weighted by Gasteiger charge is 2.19. The summed E-state index contributed by atoms with van der Waals surface area (Å²) in [6, 6.07) is 1.45. The molecule has 4 nitrogen and oxygen atoms in total. The molecule has 1 aliphatic rings. The van der Waals surface area contributed by atoms with Crippen molar-refractivity contribution in [2.75, 3.05) is 13.2 Å². The van der Waals surface area contributed by atoms with Crippen molar-refractivity contribution in [1.29, 1.82) is 0 Å². The van der Waals surface area contributed by atoms with E-state index in [0.29, 0.717) is 21.5 Å².